The van der Waals surface area contributed by atoms with Crippen LogP contribution in [0.15, 0.2) is 10.6 Å². The summed E-state index contributed by atoms with van der Waals surface area (Å²) in [6.07, 6.45) is 0. The normalized spacial score (nSPS) is 13.8. The Labute approximate surface area is 91.4 Å². The van der Waals surface area contributed by atoms with Gasteiger partial charge in [0.1, 0.15) is 0 Å². The second-order valence-corrected chi connectivity index (χ2v) is 4.39. The summed E-state index contributed by atoms with van der Waals surface area (Å²) in [6.45, 7) is 7.86. The summed E-state index contributed by atoms with van der Waals surface area (Å²) in [4.78, 5) is 2.26. The van der Waals surface area contributed by atoms with Gasteiger partial charge in [-0.05, 0) is 19.9 Å². The molecule has 15 heavy (non-hydrogen) atoms. The van der Waals surface area contributed by atoms with E-state index in [-0.39, 0.29) is 0 Å². The molecule has 86 valence electrons. The van der Waals surface area contributed by atoms with E-state index in [4.69, 9.17) is 10.3 Å². The van der Waals surface area contributed by atoms with Crippen LogP contribution in [0.1, 0.15) is 32.2 Å². The summed E-state index contributed by atoms with van der Waals surface area (Å²) < 4.78 is 5.18. The van der Waals surface area contributed by atoms with E-state index in [2.05, 4.69) is 37.9 Å². The highest BCUT2D eigenvalue weighted by Crippen LogP contribution is 2.12. The van der Waals surface area contributed by atoms with Crippen LogP contribution >= 0.6 is 0 Å². The summed E-state index contributed by atoms with van der Waals surface area (Å²) in [5.74, 6) is 1.51. The maximum Gasteiger partial charge on any atom is 0.151 e. The van der Waals surface area contributed by atoms with Gasteiger partial charge in [-0.25, -0.2) is 0 Å². The van der Waals surface area contributed by atoms with Crippen molar-refractivity contribution in [3.63, 3.8) is 0 Å². The maximum atomic E-state index is 5.47. The summed E-state index contributed by atoms with van der Waals surface area (Å²) in [7, 11) is 2.09. The van der Waals surface area contributed by atoms with E-state index in [1.165, 1.54) is 0 Å². The molecule has 1 heterocycles. The Morgan fingerprint density at radius 3 is 2.60 bits per heavy atom. The minimum Gasteiger partial charge on any atom is -0.360 e. The second kappa shape index (κ2) is 5.28. The van der Waals surface area contributed by atoms with Crippen molar-refractivity contribution in [1.29, 1.82) is 0 Å². The van der Waals surface area contributed by atoms with Gasteiger partial charge in [-0.15, -0.1) is 0 Å². The summed E-state index contributed by atoms with van der Waals surface area (Å²) in [6, 6.07) is 2.44. The third-order valence-electron chi connectivity index (χ3n) is 2.88. The molecule has 1 aromatic rings. The van der Waals surface area contributed by atoms with Crippen LogP contribution in [0.4, 0.5) is 0 Å². The fourth-order valence-corrected chi connectivity index (χ4v) is 1.43. The molecule has 0 saturated heterocycles. The van der Waals surface area contributed by atoms with Crippen molar-refractivity contribution >= 4 is 0 Å². The third-order valence-corrected chi connectivity index (χ3v) is 2.88. The van der Waals surface area contributed by atoms with Gasteiger partial charge in [0, 0.05) is 18.7 Å². The van der Waals surface area contributed by atoms with Crippen LogP contribution in [0.5, 0.6) is 0 Å². The van der Waals surface area contributed by atoms with E-state index in [9.17, 15) is 0 Å². The van der Waals surface area contributed by atoms with Gasteiger partial charge in [0.15, 0.2) is 5.76 Å². The first-order valence-electron chi connectivity index (χ1n) is 5.39. The van der Waals surface area contributed by atoms with Gasteiger partial charge >= 0.3 is 0 Å². The van der Waals surface area contributed by atoms with Crippen LogP contribution in [0, 0.1) is 5.92 Å². The van der Waals surface area contributed by atoms with Gasteiger partial charge in [-0.3, -0.25) is 4.90 Å². The van der Waals surface area contributed by atoms with Crippen molar-refractivity contribution in [2.75, 3.05) is 7.05 Å². The molecule has 0 aromatic carbocycles. The third kappa shape index (κ3) is 3.32. The van der Waals surface area contributed by atoms with Gasteiger partial charge in [0.05, 0.1) is 12.2 Å². The van der Waals surface area contributed by atoms with Crippen LogP contribution in [-0.4, -0.2) is 23.1 Å². The first-order chi connectivity index (χ1) is 7.04. The van der Waals surface area contributed by atoms with E-state index >= 15 is 0 Å². The van der Waals surface area contributed by atoms with Gasteiger partial charge in [0.25, 0.3) is 0 Å². The van der Waals surface area contributed by atoms with E-state index < -0.39 is 0 Å². The van der Waals surface area contributed by atoms with Crippen molar-refractivity contribution in [1.82, 2.24) is 10.1 Å². The average molecular weight is 211 g/mol. The Morgan fingerprint density at radius 1 is 1.47 bits per heavy atom. The molecule has 0 radical (unpaired) electrons. The maximum absolute atomic E-state index is 5.47. The minimum atomic E-state index is 0.437. The lowest BCUT2D eigenvalue weighted by molar-refractivity contribution is 0.180. The molecule has 0 bridgehead atoms. The minimum absolute atomic E-state index is 0.437. The van der Waals surface area contributed by atoms with Crippen LogP contribution in [0.2, 0.25) is 0 Å². The average Bonchev–Trinajstić information content (AvgIpc) is 2.64. The lowest BCUT2D eigenvalue weighted by Crippen LogP contribution is -2.32. The fourth-order valence-electron chi connectivity index (χ4n) is 1.43. The van der Waals surface area contributed by atoms with Gasteiger partial charge in [0.2, 0.25) is 0 Å². The Morgan fingerprint density at radius 2 is 2.13 bits per heavy atom. The standard InChI is InChI=1S/C11H21N3O/c1-8(2)9(3)14(4)7-11-5-10(6-12)13-15-11/h5,8-9H,6-7,12H2,1-4H3. The van der Waals surface area contributed by atoms with Gasteiger partial charge in [-0.1, -0.05) is 19.0 Å². The molecule has 0 spiro atoms. The van der Waals surface area contributed by atoms with Crippen molar-refractivity contribution in [3.05, 3.63) is 17.5 Å². The molecule has 0 aliphatic rings. The second-order valence-electron chi connectivity index (χ2n) is 4.39. The largest absolute Gasteiger partial charge is 0.360 e. The highest BCUT2D eigenvalue weighted by Gasteiger charge is 2.15. The van der Waals surface area contributed by atoms with E-state index in [0.29, 0.717) is 18.5 Å². The molecule has 0 amide bonds. The first-order valence-corrected chi connectivity index (χ1v) is 5.39. The van der Waals surface area contributed by atoms with Crippen LogP contribution in [-0.2, 0) is 13.1 Å². The molecule has 1 unspecified atom stereocenters. The molecule has 2 N–H and O–H groups in total. The lowest BCUT2D eigenvalue weighted by Gasteiger charge is -2.26. The molecule has 1 rings (SSSR count). The van der Waals surface area contributed by atoms with Gasteiger partial charge < -0.3 is 10.3 Å². The molecule has 1 atom stereocenters. The fraction of sp³-hybridized carbons (Fsp3) is 0.727. The molecule has 1 aromatic heterocycles. The molecule has 0 aliphatic heterocycles. The molecule has 0 saturated carbocycles. The summed E-state index contributed by atoms with van der Waals surface area (Å²) in [5.41, 5.74) is 6.28. The molecule has 0 fully saturated rings. The highest BCUT2D eigenvalue weighted by molar-refractivity contribution is 5.04. The van der Waals surface area contributed by atoms with Crippen LogP contribution in [0.3, 0.4) is 0 Å². The first kappa shape index (κ1) is 12.2. The summed E-state index contributed by atoms with van der Waals surface area (Å²) >= 11 is 0. The van der Waals surface area contributed by atoms with Crippen molar-refractivity contribution in [2.24, 2.45) is 11.7 Å². The molecular formula is C11H21N3O. The zero-order valence-corrected chi connectivity index (χ0v) is 10.0. The smallest absolute Gasteiger partial charge is 0.151 e. The predicted molar refractivity (Wildman–Crippen MR) is 60.2 cm³/mol. The number of rotatable bonds is 5. The number of nitrogens with zero attached hydrogens (tertiary/aromatic N) is 2. The van der Waals surface area contributed by atoms with Crippen LogP contribution < -0.4 is 5.73 Å². The van der Waals surface area contributed by atoms with E-state index in [1.54, 1.807) is 0 Å². The van der Waals surface area contributed by atoms with Crippen molar-refractivity contribution < 1.29 is 4.52 Å². The number of hydrogen-bond donors (Lipinski definition) is 1. The molecule has 4 heteroatoms. The predicted octanol–water partition coefficient (Wildman–Crippen LogP) is 1.61. The zero-order chi connectivity index (χ0) is 11.4. The Kier molecular flexibility index (Phi) is 4.29. The topological polar surface area (TPSA) is 55.3 Å². The van der Waals surface area contributed by atoms with E-state index in [0.717, 1.165) is 18.0 Å². The highest BCUT2D eigenvalue weighted by atomic mass is 16.5. The van der Waals surface area contributed by atoms with Crippen molar-refractivity contribution in [3.8, 4) is 0 Å². The van der Waals surface area contributed by atoms with Crippen molar-refractivity contribution in [2.45, 2.75) is 39.9 Å². The Hall–Kier alpha value is -0.870. The zero-order valence-electron chi connectivity index (χ0n) is 10.0. The Balaban J connectivity index is 2.54. The van der Waals surface area contributed by atoms with Crippen LogP contribution in [0.25, 0.3) is 0 Å². The number of aromatic nitrogens is 1. The quantitative estimate of drug-likeness (QED) is 0.804. The number of nitrogens with two attached hydrogens (primary N) is 1. The monoisotopic (exact) mass is 211 g/mol. The molecular weight excluding hydrogens is 190 g/mol. The molecule has 4 nitrogen and oxygen atoms in total. The summed E-state index contributed by atoms with van der Waals surface area (Å²) in [5, 5.41) is 3.87. The SMILES string of the molecule is CC(C)C(C)N(C)Cc1cc(CN)no1. The lowest BCUT2D eigenvalue weighted by atomic mass is 10.1. The molecule has 0 aliphatic carbocycles. The number of hydrogen-bond acceptors (Lipinski definition) is 4. The Bertz CT molecular complexity index is 296. The van der Waals surface area contributed by atoms with E-state index in [1.807, 2.05) is 6.07 Å². The van der Waals surface area contributed by atoms with Gasteiger partial charge in [-0.2, -0.15) is 0 Å².